The Morgan fingerprint density at radius 3 is 2.69 bits per heavy atom. The summed E-state index contributed by atoms with van der Waals surface area (Å²) in [6, 6.07) is 0. The summed E-state index contributed by atoms with van der Waals surface area (Å²) in [6.45, 7) is 9.90. The van der Waals surface area contributed by atoms with Crippen LogP contribution < -0.4 is 5.32 Å². The zero-order valence-corrected chi connectivity index (χ0v) is 9.09. The number of likely N-dealkylation sites (tertiary alicyclic amines) is 1. The fourth-order valence-corrected chi connectivity index (χ4v) is 3.03. The molecule has 0 saturated carbocycles. The van der Waals surface area contributed by atoms with Crippen LogP contribution in [0, 0.1) is 23.7 Å². The van der Waals surface area contributed by atoms with E-state index >= 15 is 0 Å². The Labute approximate surface area is 81.7 Å². The summed E-state index contributed by atoms with van der Waals surface area (Å²) in [7, 11) is 2.26. The van der Waals surface area contributed by atoms with Gasteiger partial charge in [-0.1, -0.05) is 13.8 Å². The first kappa shape index (κ1) is 9.47. The van der Waals surface area contributed by atoms with Crippen LogP contribution in [0.15, 0.2) is 0 Å². The number of hydrogen-bond donors (Lipinski definition) is 1. The topological polar surface area (TPSA) is 15.3 Å². The molecule has 2 rings (SSSR count). The van der Waals surface area contributed by atoms with E-state index in [1.54, 1.807) is 0 Å². The third-order valence-corrected chi connectivity index (χ3v) is 4.12. The third kappa shape index (κ3) is 1.75. The van der Waals surface area contributed by atoms with E-state index in [1.807, 2.05) is 0 Å². The van der Waals surface area contributed by atoms with Crippen LogP contribution in [0.25, 0.3) is 0 Å². The summed E-state index contributed by atoms with van der Waals surface area (Å²) in [6.07, 6.45) is 0. The highest BCUT2D eigenvalue weighted by Gasteiger charge is 2.37. The van der Waals surface area contributed by atoms with Crippen LogP contribution in [0.4, 0.5) is 0 Å². The Kier molecular flexibility index (Phi) is 2.61. The number of rotatable bonds is 0. The fraction of sp³-hybridized carbons (Fsp3) is 1.00. The zero-order valence-electron chi connectivity index (χ0n) is 9.09. The molecule has 0 bridgehead atoms. The normalized spacial score (nSPS) is 47.3. The predicted molar refractivity (Wildman–Crippen MR) is 55.7 cm³/mol. The molecule has 0 aliphatic carbocycles. The maximum atomic E-state index is 3.59. The van der Waals surface area contributed by atoms with Crippen molar-refractivity contribution in [3.8, 4) is 0 Å². The van der Waals surface area contributed by atoms with Gasteiger partial charge in [0.2, 0.25) is 0 Å². The molecule has 2 heterocycles. The Bertz CT molecular complexity index is 179. The van der Waals surface area contributed by atoms with E-state index in [1.165, 1.54) is 26.2 Å². The minimum Gasteiger partial charge on any atom is -0.316 e. The molecule has 1 N–H and O–H groups in total. The lowest BCUT2D eigenvalue weighted by atomic mass is 9.80. The molecule has 2 aliphatic rings. The Hall–Kier alpha value is -0.0800. The van der Waals surface area contributed by atoms with Gasteiger partial charge in [0.25, 0.3) is 0 Å². The van der Waals surface area contributed by atoms with Crippen molar-refractivity contribution in [3.05, 3.63) is 0 Å². The highest BCUT2D eigenvalue weighted by molar-refractivity contribution is 4.90. The SMILES string of the molecule is C[C@@H]1CNCC2CN(C)CC2[C@@H]1C. The monoisotopic (exact) mass is 182 g/mol. The molecule has 2 saturated heterocycles. The minimum absolute atomic E-state index is 0.849. The third-order valence-electron chi connectivity index (χ3n) is 4.12. The van der Waals surface area contributed by atoms with Crippen molar-refractivity contribution in [1.29, 1.82) is 0 Å². The quantitative estimate of drug-likeness (QED) is 0.602. The molecule has 2 heteroatoms. The Morgan fingerprint density at radius 1 is 1.15 bits per heavy atom. The Balaban J connectivity index is 2.08. The van der Waals surface area contributed by atoms with Crippen LogP contribution in [0.2, 0.25) is 0 Å². The lowest BCUT2D eigenvalue weighted by Crippen LogP contribution is -2.26. The van der Waals surface area contributed by atoms with Gasteiger partial charge in [0.05, 0.1) is 0 Å². The van der Waals surface area contributed by atoms with Gasteiger partial charge in [0, 0.05) is 13.1 Å². The Morgan fingerprint density at radius 2 is 1.92 bits per heavy atom. The molecule has 0 aromatic carbocycles. The van der Waals surface area contributed by atoms with E-state index < -0.39 is 0 Å². The molecule has 0 amide bonds. The van der Waals surface area contributed by atoms with E-state index in [0.717, 1.165) is 23.7 Å². The maximum absolute atomic E-state index is 3.59. The van der Waals surface area contributed by atoms with Crippen molar-refractivity contribution in [2.24, 2.45) is 23.7 Å². The van der Waals surface area contributed by atoms with Gasteiger partial charge in [-0.05, 0) is 43.8 Å². The van der Waals surface area contributed by atoms with E-state index in [2.05, 4.69) is 31.1 Å². The second-order valence-electron chi connectivity index (χ2n) is 5.14. The minimum atomic E-state index is 0.849. The smallest absolute Gasteiger partial charge is 0.00221 e. The molecule has 0 spiro atoms. The standard InChI is InChI=1S/C11H22N2/c1-8-4-12-5-10-6-13(3)7-11(10)9(8)2/h8-12H,4-7H2,1-3H3/t8-,9-,10?,11?/m1/s1. The first-order chi connectivity index (χ1) is 6.18. The second kappa shape index (κ2) is 3.58. The number of nitrogens with zero attached hydrogens (tertiary/aromatic N) is 1. The molecule has 4 atom stereocenters. The fourth-order valence-electron chi connectivity index (χ4n) is 3.03. The van der Waals surface area contributed by atoms with Crippen LogP contribution in [-0.4, -0.2) is 38.1 Å². The van der Waals surface area contributed by atoms with E-state index in [-0.39, 0.29) is 0 Å². The zero-order chi connectivity index (χ0) is 9.42. The van der Waals surface area contributed by atoms with Gasteiger partial charge in [-0.3, -0.25) is 0 Å². The van der Waals surface area contributed by atoms with E-state index in [0.29, 0.717) is 0 Å². The van der Waals surface area contributed by atoms with Crippen molar-refractivity contribution >= 4 is 0 Å². The van der Waals surface area contributed by atoms with Gasteiger partial charge in [-0.25, -0.2) is 0 Å². The van der Waals surface area contributed by atoms with Crippen LogP contribution in [0.5, 0.6) is 0 Å². The molecule has 76 valence electrons. The lowest BCUT2D eigenvalue weighted by molar-refractivity contribution is 0.252. The first-order valence-corrected chi connectivity index (χ1v) is 5.57. The number of nitrogens with one attached hydrogen (secondary N) is 1. The molecule has 0 radical (unpaired) electrons. The largest absolute Gasteiger partial charge is 0.316 e. The van der Waals surface area contributed by atoms with Crippen molar-refractivity contribution in [1.82, 2.24) is 10.2 Å². The molecule has 2 unspecified atom stereocenters. The van der Waals surface area contributed by atoms with Crippen molar-refractivity contribution in [2.45, 2.75) is 13.8 Å². The highest BCUT2D eigenvalue weighted by atomic mass is 15.1. The molecule has 0 aromatic heterocycles. The maximum Gasteiger partial charge on any atom is 0.00221 e. The van der Waals surface area contributed by atoms with Crippen LogP contribution in [0.3, 0.4) is 0 Å². The van der Waals surface area contributed by atoms with Gasteiger partial charge in [-0.2, -0.15) is 0 Å². The molecule has 0 aromatic rings. The summed E-state index contributed by atoms with van der Waals surface area (Å²) >= 11 is 0. The molecule has 2 aliphatic heterocycles. The summed E-state index contributed by atoms with van der Waals surface area (Å²) in [5.74, 6) is 3.59. The number of fused-ring (bicyclic) bond motifs is 1. The molecule has 2 nitrogen and oxygen atoms in total. The molecular weight excluding hydrogens is 160 g/mol. The molecular formula is C11H22N2. The van der Waals surface area contributed by atoms with Gasteiger partial charge >= 0.3 is 0 Å². The predicted octanol–water partition coefficient (Wildman–Crippen LogP) is 1.04. The van der Waals surface area contributed by atoms with Crippen LogP contribution in [0.1, 0.15) is 13.8 Å². The van der Waals surface area contributed by atoms with Gasteiger partial charge in [0.15, 0.2) is 0 Å². The molecule has 13 heavy (non-hydrogen) atoms. The summed E-state index contributed by atoms with van der Waals surface area (Å²) in [5.41, 5.74) is 0. The summed E-state index contributed by atoms with van der Waals surface area (Å²) in [4.78, 5) is 2.49. The van der Waals surface area contributed by atoms with Crippen LogP contribution >= 0.6 is 0 Å². The van der Waals surface area contributed by atoms with E-state index in [9.17, 15) is 0 Å². The number of hydrogen-bond acceptors (Lipinski definition) is 2. The first-order valence-electron chi connectivity index (χ1n) is 5.57. The lowest BCUT2D eigenvalue weighted by Gasteiger charge is -2.25. The average molecular weight is 182 g/mol. The van der Waals surface area contributed by atoms with E-state index in [4.69, 9.17) is 0 Å². The van der Waals surface area contributed by atoms with Crippen molar-refractivity contribution in [2.75, 3.05) is 33.2 Å². The summed E-state index contributed by atoms with van der Waals surface area (Å²) < 4.78 is 0. The van der Waals surface area contributed by atoms with Crippen molar-refractivity contribution < 1.29 is 0 Å². The van der Waals surface area contributed by atoms with Gasteiger partial charge in [-0.15, -0.1) is 0 Å². The van der Waals surface area contributed by atoms with Crippen molar-refractivity contribution in [3.63, 3.8) is 0 Å². The second-order valence-corrected chi connectivity index (χ2v) is 5.14. The highest BCUT2D eigenvalue weighted by Crippen LogP contribution is 2.34. The average Bonchev–Trinajstić information content (AvgIpc) is 2.40. The molecule has 2 fully saturated rings. The van der Waals surface area contributed by atoms with Gasteiger partial charge < -0.3 is 10.2 Å². The summed E-state index contributed by atoms with van der Waals surface area (Å²) in [5, 5.41) is 3.59. The van der Waals surface area contributed by atoms with Crippen LogP contribution in [-0.2, 0) is 0 Å². The van der Waals surface area contributed by atoms with Gasteiger partial charge in [0.1, 0.15) is 0 Å².